The van der Waals surface area contributed by atoms with Gasteiger partial charge in [-0.2, -0.15) is 0 Å². The molecule has 11 heteroatoms. The van der Waals surface area contributed by atoms with Crippen LogP contribution in [0.4, 0.5) is 0 Å². The molecule has 2 atom stereocenters. The van der Waals surface area contributed by atoms with Gasteiger partial charge in [-0.05, 0) is 42.9 Å². The first-order chi connectivity index (χ1) is 14.5. The highest BCUT2D eigenvalue weighted by Crippen LogP contribution is 2.45. The van der Waals surface area contributed by atoms with Crippen LogP contribution in [0.15, 0.2) is 29.2 Å². The smallest absolute Gasteiger partial charge is 0.472 e. The van der Waals surface area contributed by atoms with Crippen LogP contribution in [0.1, 0.15) is 44.9 Å². The third-order valence-electron chi connectivity index (χ3n) is 4.31. The van der Waals surface area contributed by atoms with E-state index in [0.29, 0.717) is 10.9 Å². The van der Waals surface area contributed by atoms with E-state index in [1.165, 1.54) is 4.90 Å². The van der Waals surface area contributed by atoms with Gasteiger partial charge in [-0.3, -0.25) is 13.8 Å². The summed E-state index contributed by atoms with van der Waals surface area (Å²) in [7, 11) is 1.30. The lowest BCUT2D eigenvalue weighted by molar-refractivity contribution is -0.873. The number of benzene rings is 1. The summed E-state index contributed by atoms with van der Waals surface area (Å²) in [6, 6.07) is 7.86. The lowest BCUT2D eigenvalue weighted by Crippen LogP contribution is -2.42. The minimum atomic E-state index is -4.28. The minimum absolute atomic E-state index is 0. The van der Waals surface area contributed by atoms with Gasteiger partial charge in [0.15, 0.2) is 0 Å². The molecule has 0 saturated heterocycles. The van der Waals surface area contributed by atoms with E-state index in [1.54, 1.807) is 0 Å². The fourth-order valence-corrected chi connectivity index (χ4v) is 4.95. The van der Waals surface area contributed by atoms with Crippen molar-refractivity contribution in [3.63, 3.8) is 0 Å². The standard InChI is InChI=1S/C21H35ClNO6PS.H2O/c1-23(2,3)17-19(16-21(24)25)29-30(26,27)28-14-8-6-4-5-7-9-15-31-20-12-10-18(22)11-13-20;/h10-13,19H,4-9,14-17H2,1-3H3,(H-,24,25,26,27);1H2/t19-;/m1./s1. The minimum Gasteiger partial charge on any atom is -0.870 e. The van der Waals surface area contributed by atoms with Crippen molar-refractivity contribution in [2.45, 2.75) is 55.9 Å². The van der Waals surface area contributed by atoms with E-state index < -0.39 is 19.9 Å². The maximum Gasteiger partial charge on any atom is 0.472 e. The maximum atomic E-state index is 12.1. The summed E-state index contributed by atoms with van der Waals surface area (Å²) in [5.41, 5.74) is 0. The number of phosphoric ester groups is 1. The third-order valence-corrected chi connectivity index (χ3v) is 6.74. The molecular weight excluding hydrogens is 477 g/mol. The highest BCUT2D eigenvalue weighted by molar-refractivity contribution is 7.99. The number of hydrogen-bond acceptors (Lipinski definition) is 6. The van der Waals surface area contributed by atoms with Crippen LogP contribution in [0.25, 0.3) is 0 Å². The summed E-state index contributed by atoms with van der Waals surface area (Å²) in [5, 5.41) is 9.74. The number of thioether (sulfide) groups is 1. The molecule has 186 valence electrons. The Morgan fingerprint density at radius 1 is 1.09 bits per heavy atom. The van der Waals surface area contributed by atoms with E-state index in [2.05, 4.69) is 0 Å². The number of unbranched alkanes of at least 4 members (excludes halogenated alkanes) is 5. The number of carboxylic acid groups (broad SMARTS) is 1. The number of quaternary nitrogens is 1. The van der Waals surface area contributed by atoms with Crippen molar-refractivity contribution in [3.05, 3.63) is 29.3 Å². The summed E-state index contributed by atoms with van der Waals surface area (Å²) >= 11 is 7.70. The highest BCUT2D eigenvalue weighted by atomic mass is 35.5. The van der Waals surface area contributed by atoms with Gasteiger partial charge >= 0.3 is 13.8 Å². The zero-order chi connectivity index (χ0) is 23.3. The van der Waals surface area contributed by atoms with Crippen molar-refractivity contribution in [3.8, 4) is 0 Å². The molecule has 0 heterocycles. The van der Waals surface area contributed by atoms with Crippen molar-refractivity contribution in [2.24, 2.45) is 0 Å². The molecule has 1 aromatic rings. The molecule has 0 fully saturated rings. The van der Waals surface area contributed by atoms with E-state index in [1.807, 2.05) is 57.2 Å². The van der Waals surface area contributed by atoms with Crippen molar-refractivity contribution >= 4 is 37.2 Å². The molecular formula is C21H37ClNO7PS. The molecule has 0 aliphatic rings. The molecule has 0 bridgehead atoms. The molecule has 0 radical (unpaired) electrons. The van der Waals surface area contributed by atoms with Gasteiger partial charge in [-0.25, -0.2) is 4.57 Å². The zero-order valence-electron chi connectivity index (χ0n) is 19.1. The third kappa shape index (κ3) is 16.9. The second-order valence-corrected chi connectivity index (χ2v) is 11.5. The van der Waals surface area contributed by atoms with Gasteiger partial charge in [-0.1, -0.05) is 37.3 Å². The summed E-state index contributed by atoms with van der Waals surface area (Å²) < 4.78 is 22.7. The van der Waals surface area contributed by atoms with Gasteiger partial charge in [-0.15, -0.1) is 11.8 Å². The van der Waals surface area contributed by atoms with Gasteiger partial charge in [0.2, 0.25) is 0 Å². The number of hydrogen-bond donors (Lipinski definition) is 2. The Kier molecular flexibility index (Phi) is 15.7. The molecule has 1 unspecified atom stereocenters. The average Bonchev–Trinajstić information content (AvgIpc) is 2.62. The first kappa shape index (κ1) is 31.4. The summed E-state index contributed by atoms with van der Waals surface area (Å²) in [6.45, 7) is 0.404. The molecule has 1 rings (SSSR count). The van der Waals surface area contributed by atoms with E-state index >= 15 is 0 Å². The first-order valence-corrected chi connectivity index (χ1v) is 13.4. The Bertz CT molecular complexity index is 700. The fourth-order valence-electron chi connectivity index (χ4n) is 2.97. The number of halogens is 1. The largest absolute Gasteiger partial charge is 0.870 e. The van der Waals surface area contributed by atoms with Crippen LogP contribution in [0.2, 0.25) is 5.02 Å². The van der Waals surface area contributed by atoms with Gasteiger partial charge in [0.25, 0.3) is 0 Å². The molecule has 0 spiro atoms. The van der Waals surface area contributed by atoms with Crippen LogP contribution in [0, 0.1) is 0 Å². The fraction of sp³-hybridized carbons (Fsp3) is 0.667. The Balaban J connectivity index is 0.00000961. The van der Waals surface area contributed by atoms with E-state index in [4.69, 9.17) is 25.8 Å². The normalized spacial score (nSPS) is 14.4. The van der Waals surface area contributed by atoms with Gasteiger partial charge in [0.05, 0.1) is 34.2 Å². The molecule has 1 aromatic carbocycles. The second kappa shape index (κ2) is 16.1. The van der Waals surface area contributed by atoms with Crippen LogP contribution in [0.3, 0.4) is 0 Å². The predicted molar refractivity (Wildman–Crippen MR) is 128 cm³/mol. The number of nitrogens with zero attached hydrogens (tertiary/aromatic N) is 1. The monoisotopic (exact) mass is 513 g/mol. The Morgan fingerprint density at radius 2 is 1.66 bits per heavy atom. The number of aliphatic carboxylic acids is 1. The van der Waals surface area contributed by atoms with E-state index in [-0.39, 0.29) is 25.0 Å². The van der Waals surface area contributed by atoms with Gasteiger partial charge in [0, 0.05) is 9.92 Å². The van der Waals surface area contributed by atoms with Crippen LogP contribution >= 0.6 is 31.2 Å². The lowest BCUT2D eigenvalue weighted by atomic mass is 10.1. The zero-order valence-corrected chi connectivity index (χ0v) is 21.6. The van der Waals surface area contributed by atoms with Crippen LogP contribution in [0.5, 0.6) is 0 Å². The van der Waals surface area contributed by atoms with E-state index in [0.717, 1.165) is 42.9 Å². The number of likely N-dealkylation sites (N-methyl/N-ethyl adjacent to an activating group) is 1. The van der Waals surface area contributed by atoms with Crippen LogP contribution in [-0.4, -0.2) is 72.1 Å². The maximum absolute atomic E-state index is 12.1. The Hall–Kier alpha value is -0.640. The number of rotatable bonds is 17. The molecule has 0 saturated carbocycles. The van der Waals surface area contributed by atoms with Crippen molar-refractivity contribution in [2.75, 3.05) is 40.0 Å². The average molecular weight is 514 g/mol. The van der Waals surface area contributed by atoms with Crippen LogP contribution < -0.4 is 0 Å². The second-order valence-electron chi connectivity index (χ2n) is 8.52. The van der Waals surface area contributed by atoms with Crippen LogP contribution in [-0.2, 0) is 18.4 Å². The SMILES string of the molecule is C[N+](C)(C)C[C@@H](CC(=O)O)OP(=O)(O)OCCCCCCCCSc1ccc(Cl)cc1.[OH-]. The summed E-state index contributed by atoms with van der Waals surface area (Å²) in [4.78, 5) is 22.1. The van der Waals surface area contributed by atoms with E-state index in [9.17, 15) is 14.3 Å². The summed E-state index contributed by atoms with van der Waals surface area (Å²) in [6.07, 6.45) is 4.76. The molecule has 0 aliphatic heterocycles. The quantitative estimate of drug-likeness (QED) is 0.125. The molecule has 32 heavy (non-hydrogen) atoms. The predicted octanol–water partition coefficient (Wildman–Crippen LogP) is 5.28. The Labute approximate surface area is 200 Å². The van der Waals surface area contributed by atoms with Crippen molar-refractivity contribution in [1.82, 2.24) is 0 Å². The highest BCUT2D eigenvalue weighted by Gasteiger charge is 2.31. The van der Waals surface area contributed by atoms with Crippen molar-refractivity contribution < 1.29 is 38.4 Å². The van der Waals surface area contributed by atoms with Gasteiger partial charge in [0.1, 0.15) is 12.6 Å². The number of carbonyl (C=O) groups is 1. The topological polar surface area (TPSA) is 123 Å². The number of phosphoric acid groups is 1. The van der Waals surface area contributed by atoms with Gasteiger partial charge < -0.3 is 20.0 Å². The van der Waals surface area contributed by atoms with Crippen molar-refractivity contribution in [1.29, 1.82) is 0 Å². The first-order valence-electron chi connectivity index (χ1n) is 10.5. The molecule has 0 aromatic heterocycles. The Morgan fingerprint density at radius 3 is 2.22 bits per heavy atom. The summed E-state index contributed by atoms with van der Waals surface area (Å²) in [5.74, 6) is -0.00868. The molecule has 0 amide bonds. The lowest BCUT2D eigenvalue weighted by Gasteiger charge is -2.29. The molecule has 8 nitrogen and oxygen atoms in total. The molecule has 3 N–H and O–H groups in total. The number of carboxylic acids is 1. The molecule has 0 aliphatic carbocycles.